The zero-order chi connectivity index (χ0) is 15.4. The van der Waals surface area contributed by atoms with Crippen molar-refractivity contribution in [3.63, 3.8) is 0 Å². The van der Waals surface area contributed by atoms with Crippen LogP contribution in [0.5, 0.6) is 0 Å². The smallest absolute Gasteiger partial charge is 0.410 e. The van der Waals surface area contributed by atoms with Crippen LogP contribution in [0, 0.1) is 0 Å². The Morgan fingerprint density at radius 2 is 2.00 bits per heavy atom. The van der Waals surface area contributed by atoms with Gasteiger partial charge in [-0.3, -0.25) is 0 Å². The number of rotatable bonds is 3. The van der Waals surface area contributed by atoms with Crippen LogP contribution in [-0.2, 0) is 18.4 Å². The normalized spacial score (nSPS) is 15.8. The summed E-state index contributed by atoms with van der Waals surface area (Å²) in [4.78, 5) is 15.3. The van der Waals surface area contributed by atoms with Gasteiger partial charge in [0.2, 0.25) is 0 Å². The van der Waals surface area contributed by atoms with E-state index < -0.39 is 0 Å². The van der Waals surface area contributed by atoms with Crippen LogP contribution in [-0.4, -0.2) is 44.3 Å². The molecule has 1 aliphatic rings. The van der Waals surface area contributed by atoms with Gasteiger partial charge in [-0.2, -0.15) is 4.80 Å². The molecular formula is C15H19N5O2. The van der Waals surface area contributed by atoms with E-state index in [1.165, 1.54) is 4.80 Å². The lowest BCUT2D eigenvalue weighted by molar-refractivity contribution is 0.0866. The maximum Gasteiger partial charge on any atom is 0.410 e. The highest BCUT2D eigenvalue weighted by molar-refractivity contribution is 5.67. The molecule has 1 amide bonds. The van der Waals surface area contributed by atoms with E-state index in [1.54, 1.807) is 11.9 Å². The van der Waals surface area contributed by atoms with Crippen molar-refractivity contribution >= 4 is 6.09 Å². The fraction of sp³-hybridized carbons (Fsp3) is 0.467. The third-order valence-electron chi connectivity index (χ3n) is 3.85. The first kappa shape index (κ1) is 14.5. The number of hydrogen-bond donors (Lipinski definition) is 0. The minimum atomic E-state index is -0.255. The summed E-state index contributed by atoms with van der Waals surface area (Å²) in [5.41, 5.74) is 0.995. The van der Waals surface area contributed by atoms with Gasteiger partial charge in [0.15, 0.2) is 5.82 Å². The molecule has 22 heavy (non-hydrogen) atoms. The molecule has 1 aromatic carbocycles. The van der Waals surface area contributed by atoms with E-state index in [0.29, 0.717) is 19.7 Å². The number of carbonyl (C=O) groups excluding carboxylic acids is 1. The molecule has 0 radical (unpaired) electrons. The van der Waals surface area contributed by atoms with Crippen molar-refractivity contribution in [3.8, 4) is 0 Å². The Bertz CT molecular complexity index is 620. The Morgan fingerprint density at radius 1 is 1.27 bits per heavy atom. The van der Waals surface area contributed by atoms with Crippen LogP contribution < -0.4 is 0 Å². The average Bonchev–Trinajstić information content (AvgIpc) is 3.00. The molecule has 0 saturated carbocycles. The van der Waals surface area contributed by atoms with Crippen molar-refractivity contribution in [3.05, 3.63) is 41.7 Å². The molecule has 0 spiro atoms. The minimum Gasteiger partial charge on any atom is -0.445 e. The van der Waals surface area contributed by atoms with E-state index >= 15 is 0 Å². The molecule has 1 aliphatic heterocycles. The first-order valence-electron chi connectivity index (χ1n) is 7.42. The van der Waals surface area contributed by atoms with Gasteiger partial charge in [0.1, 0.15) is 6.61 Å². The van der Waals surface area contributed by atoms with E-state index in [-0.39, 0.29) is 12.0 Å². The lowest BCUT2D eigenvalue weighted by Crippen LogP contribution is -2.38. The van der Waals surface area contributed by atoms with Crippen LogP contribution in [0.3, 0.4) is 0 Å². The number of likely N-dealkylation sites (tertiary alicyclic amines) is 1. The third kappa shape index (κ3) is 3.41. The number of aryl methyl sites for hydroxylation is 1. The molecule has 1 saturated heterocycles. The van der Waals surface area contributed by atoms with E-state index in [9.17, 15) is 4.79 Å². The van der Waals surface area contributed by atoms with E-state index in [0.717, 1.165) is 24.2 Å². The maximum absolute atomic E-state index is 12.1. The Kier molecular flexibility index (Phi) is 4.32. The first-order valence-corrected chi connectivity index (χ1v) is 7.42. The number of aromatic nitrogens is 4. The standard InChI is InChI=1S/C15H19N5O2/c1-19-17-14(16-18-19)13-7-9-20(10-8-13)15(21)22-11-12-5-3-2-4-6-12/h2-6,13H,7-11H2,1H3. The Hall–Kier alpha value is -2.44. The highest BCUT2D eigenvalue weighted by atomic mass is 16.6. The largest absolute Gasteiger partial charge is 0.445 e. The Balaban J connectivity index is 1.47. The third-order valence-corrected chi connectivity index (χ3v) is 3.85. The molecule has 0 unspecified atom stereocenters. The minimum absolute atomic E-state index is 0.255. The fourth-order valence-corrected chi connectivity index (χ4v) is 2.59. The van der Waals surface area contributed by atoms with Gasteiger partial charge in [0.05, 0.1) is 7.05 Å². The number of piperidine rings is 1. The van der Waals surface area contributed by atoms with Gasteiger partial charge in [-0.25, -0.2) is 4.79 Å². The number of nitrogens with zero attached hydrogens (tertiary/aromatic N) is 5. The van der Waals surface area contributed by atoms with Gasteiger partial charge in [0.25, 0.3) is 0 Å². The van der Waals surface area contributed by atoms with Crippen molar-refractivity contribution < 1.29 is 9.53 Å². The lowest BCUT2D eigenvalue weighted by Gasteiger charge is -2.29. The highest BCUT2D eigenvalue weighted by Gasteiger charge is 2.27. The van der Waals surface area contributed by atoms with Gasteiger partial charge in [-0.1, -0.05) is 30.3 Å². The summed E-state index contributed by atoms with van der Waals surface area (Å²) in [6.45, 7) is 1.64. The molecule has 0 bridgehead atoms. The summed E-state index contributed by atoms with van der Waals surface area (Å²) in [5.74, 6) is 1.03. The predicted octanol–water partition coefficient (Wildman–Crippen LogP) is 1.73. The van der Waals surface area contributed by atoms with Crippen molar-refractivity contribution in [1.82, 2.24) is 25.1 Å². The summed E-state index contributed by atoms with van der Waals surface area (Å²) in [6.07, 6.45) is 1.42. The number of hydrogen-bond acceptors (Lipinski definition) is 5. The van der Waals surface area contributed by atoms with Crippen LogP contribution in [0.15, 0.2) is 30.3 Å². The zero-order valence-electron chi connectivity index (χ0n) is 12.6. The van der Waals surface area contributed by atoms with Gasteiger partial charge in [-0.15, -0.1) is 10.2 Å². The Morgan fingerprint density at radius 3 is 2.64 bits per heavy atom. The van der Waals surface area contributed by atoms with Crippen LogP contribution >= 0.6 is 0 Å². The molecule has 1 fully saturated rings. The van der Waals surface area contributed by atoms with Crippen LogP contribution in [0.25, 0.3) is 0 Å². The fourth-order valence-electron chi connectivity index (χ4n) is 2.59. The highest BCUT2D eigenvalue weighted by Crippen LogP contribution is 2.25. The number of amides is 1. The first-order chi connectivity index (χ1) is 10.7. The van der Waals surface area contributed by atoms with Crippen LogP contribution in [0.4, 0.5) is 4.79 Å². The number of tetrazole rings is 1. The lowest BCUT2D eigenvalue weighted by atomic mass is 9.96. The van der Waals surface area contributed by atoms with Gasteiger partial charge in [-0.05, 0) is 23.6 Å². The number of benzene rings is 1. The molecule has 2 aromatic rings. The molecule has 7 nitrogen and oxygen atoms in total. The topological polar surface area (TPSA) is 73.1 Å². The molecule has 2 heterocycles. The molecule has 7 heteroatoms. The summed E-state index contributed by atoms with van der Waals surface area (Å²) >= 11 is 0. The molecular weight excluding hydrogens is 282 g/mol. The van der Waals surface area contributed by atoms with Gasteiger partial charge < -0.3 is 9.64 Å². The van der Waals surface area contributed by atoms with Crippen molar-refractivity contribution in [2.24, 2.45) is 7.05 Å². The molecule has 1 aromatic heterocycles. The van der Waals surface area contributed by atoms with Gasteiger partial charge >= 0.3 is 6.09 Å². The Labute approximate surface area is 128 Å². The molecule has 116 valence electrons. The number of carbonyl (C=O) groups is 1. The summed E-state index contributed by atoms with van der Waals surface area (Å²) in [6, 6.07) is 9.69. The summed E-state index contributed by atoms with van der Waals surface area (Å²) in [7, 11) is 1.76. The van der Waals surface area contributed by atoms with Crippen molar-refractivity contribution in [1.29, 1.82) is 0 Å². The predicted molar refractivity (Wildman–Crippen MR) is 79.0 cm³/mol. The molecule has 0 aliphatic carbocycles. The van der Waals surface area contributed by atoms with Gasteiger partial charge in [0, 0.05) is 19.0 Å². The molecule has 0 atom stereocenters. The van der Waals surface area contributed by atoms with E-state index in [4.69, 9.17) is 4.74 Å². The second-order valence-corrected chi connectivity index (χ2v) is 5.44. The SMILES string of the molecule is Cn1nnc(C2CCN(C(=O)OCc3ccccc3)CC2)n1. The van der Waals surface area contributed by atoms with Crippen LogP contribution in [0.1, 0.15) is 30.1 Å². The number of ether oxygens (including phenoxy) is 1. The molecule has 0 N–H and O–H groups in total. The quantitative estimate of drug-likeness (QED) is 0.863. The zero-order valence-corrected chi connectivity index (χ0v) is 12.6. The van der Waals surface area contributed by atoms with E-state index in [1.807, 2.05) is 30.3 Å². The van der Waals surface area contributed by atoms with E-state index in [2.05, 4.69) is 15.4 Å². The van der Waals surface area contributed by atoms with Crippen molar-refractivity contribution in [2.75, 3.05) is 13.1 Å². The monoisotopic (exact) mass is 301 g/mol. The average molecular weight is 301 g/mol. The summed E-state index contributed by atoms with van der Waals surface area (Å²) < 4.78 is 5.35. The maximum atomic E-state index is 12.1. The second kappa shape index (κ2) is 6.55. The summed E-state index contributed by atoms with van der Waals surface area (Å²) in [5, 5.41) is 12.2. The molecule has 3 rings (SSSR count). The van der Waals surface area contributed by atoms with Crippen molar-refractivity contribution in [2.45, 2.75) is 25.4 Å². The second-order valence-electron chi connectivity index (χ2n) is 5.44. The van der Waals surface area contributed by atoms with Crippen LogP contribution in [0.2, 0.25) is 0 Å².